The fourth-order valence-electron chi connectivity index (χ4n) is 4.28. The minimum Gasteiger partial charge on any atom is -0.357 e. The van der Waals surface area contributed by atoms with Crippen molar-refractivity contribution in [3.63, 3.8) is 0 Å². The number of fused-ring (bicyclic) bond motifs is 1. The second kappa shape index (κ2) is 6.82. The fraction of sp³-hybridized carbons (Fsp3) is 0.304. The monoisotopic (exact) mass is 375 g/mol. The Bertz CT molecular complexity index is 963. The van der Waals surface area contributed by atoms with Crippen molar-refractivity contribution in [3.8, 4) is 0 Å². The van der Waals surface area contributed by atoms with Crippen LogP contribution in [0.15, 0.2) is 65.9 Å². The summed E-state index contributed by atoms with van der Waals surface area (Å²) in [5.41, 5.74) is 3.99. The lowest BCUT2D eigenvalue weighted by molar-refractivity contribution is -0.118. The molecule has 0 saturated heterocycles. The molecule has 144 valence electrons. The van der Waals surface area contributed by atoms with E-state index in [1.54, 1.807) is 11.9 Å². The highest BCUT2D eigenvalue weighted by Crippen LogP contribution is 2.48. The summed E-state index contributed by atoms with van der Waals surface area (Å²) in [5.74, 6) is 0.0920. The number of rotatable bonds is 1. The lowest BCUT2D eigenvalue weighted by Gasteiger charge is -2.36. The minimum absolute atomic E-state index is 0.0920. The van der Waals surface area contributed by atoms with Crippen LogP contribution in [0, 0.1) is 5.41 Å². The summed E-state index contributed by atoms with van der Waals surface area (Å²) < 4.78 is 0. The van der Waals surface area contributed by atoms with E-state index in [4.69, 9.17) is 0 Å². The molecule has 1 heterocycles. The number of Topliss-reactive ketones (excluding diaryl/α,β-unsaturated/α-hetero) is 1. The van der Waals surface area contributed by atoms with Crippen LogP contribution in [-0.2, 0) is 4.79 Å². The quantitative estimate of drug-likeness (QED) is 0.763. The van der Waals surface area contributed by atoms with Crippen LogP contribution >= 0.6 is 0 Å². The Hall–Kier alpha value is -3.08. The number of ketones is 1. The summed E-state index contributed by atoms with van der Waals surface area (Å²) in [6, 6.07) is 16.8. The number of para-hydroxylation sites is 2. The smallest absolute Gasteiger partial charge is 0.322 e. The number of nitrogens with zero attached hydrogens (tertiary/aromatic N) is 1. The van der Waals surface area contributed by atoms with Crippen LogP contribution in [0.2, 0.25) is 0 Å². The van der Waals surface area contributed by atoms with Gasteiger partial charge in [0, 0.05) is 24.7 Å². The van der Waals surface area contributed by atoms with Crippen molar-refractivity contribution in [2.24, 2.45) is 5.41 Å². The predicted octanol–water partition coefficient (Wildman–Crippen LogP) is 4.64. The number of hydrogen-bond acceptors (Lipinski definition) is 3. The summed E-state index contributed by atoms with van der Waals surface area (Å²) in [6.07, 6.45) is 1.22. The van der Waals surface area contributed by atoms with Crippen molar-refractivity contribution in [2.45, 2.75) is 32.7 Å². The molecule has 5 heteroatoms. The van der Waals surface area contributed by atoms with Crippen molar-refractivity contribution >= 4 is 23.2 Å². The van der Waals surface area contributed by atoms with E-state index in [0.717, 1.165) is 29.1 Å². The topological polar surface area (TPSA) is 61.4 Å². The minimum atomic E-state index is -0.476. The Labute approximate surface area is 165 Å². The molecule has 4 rings (SSSR count). The van der Waals surface area contributed by atoms with Crippen molar-refractivity contribution in [2.75, 3.05) is 17.3 Å². The van der Waals surface area contributed by atoms with Gasteiger partial charge in [0.2, 0.25) is 0 Å². The number of carbonyl (C=O) groups excluding carboxylic acids is 2. The maximum absolute atomic E-state index is 13.3. The summed E-state index contributed by atoms with van der Waals surface area (Å²) in [7, 11) is 1.62. The number of amides is 2. The molecule has 28 heavy (non-hydrogen) atoms. The molecule has 0 spiro atoms. The van der Waals surface area contributed by atoms with Gasteiger partial charge in [-0.3, -0.25) is 9.69 Å². The molecule has 2 aromatic carbocycles. The fourth-order valence-corrected chi connectivity index (χ4v) is 4.28. The number of allylic oxidation sites excluding steroid dienone is 1. The van der Waals surface area contributed by atoms with Gasteiger partial charge in [0.15, 0.2) is 5.78 Å². The maximum Gasteiger partial charge on any atom is 0.322 e. The van der Waals surface area contributed by atoms with E-state index in [2.05, 4.69) is 24.5 Å². The maximum atomic E-state index is 13.3. The standard InChI is InChI=1S/C23H25N3O2/c1-23(2)13-17-20(19(27)14-23)21(15-9-5-4-6-10-15)26(22(28)24-3)18-12-8-7-11-16(18)25-17/h4-12,21,25H,13-14H2,1-3H3,(H,24,28). The first-order chi connectivity index (χ1) is 13.4. The van der Waals surface area contributed by atoms with Crippen LogP contribution in [0.5, 0.6) is 0 Å². The Morgan fingerprint density at radius 3 is 2.46 bits per heavy atom. The number of urea groups is 1. The zero-order chi connectivity index (χ0) is 19.9. The Balaban J connectivity index is 2.01. The summed E-state index contributed by atoms with van der Waals surface area (Å²) in [6.45, 7) is 4.22. The molecule has 0 aromatic heterocycles. The van der Waals surface area contributed by atoms with Crippen LogP contribution in [0.4, 0.5) is 16.2 Å². The molecule has 0 fully saturated rings. The Kier molecular flexibility index (Phi) is 4.46. The highest BCUT2D eigenvalue weighted by atomic mass is 16.2. The van der Waals surface area contributed by atoms with Crippen LogP contribution in [0.1, 0.15) is 38.3 Å². The van der Waals surface area contributed by atoms with E-state index < -0.39 is 6.04 Å². The highest BCUT2D eigenvalue weighted by Gasteiger charge is 2.43. The van der Waals surface area contributed by atoms with E-state index in [-0.39, 0.29) is 17.2 Å². The van der Waals surface area contributed by atoms with Gasteiger partial charge in [-0.05, 0) is 29.5 Å². The van der Waals surface area contributed by atoms with E-state index in [0.29, 0.717) is 12.0 Å². The molecule has 5 nitrogen and oxygen atoms in total. The molecule has 2 aromatic rings. The Morgan fingerprint density at radius 2 is 1.75 bits per heavy atom. The van der Waals surface area contributed by atoms with Gasteiger partial charge in [-0.2, -0.15) is 0 Å². The molecule has 1 atom stereocenters. The van der Waals surface area contributed by atoms with Crippen LogP contribution in [0.3, 0.4) is 0 Å². The summed E-state index contributed by atoms with van der Waals surface area (Å²) in [5, 5.41) is 6.25. The lowest BCUT2D eigenvalue weighted by Crippen LogP contribution is -2.43. The predicted molar refractivity (Wildman–Crippen MR) is 111 cm³/mol. The zero-order valence-corrected chi connectivity index (χ0v) is 16.5. The number of hydrogen-bond donors (Lipinski definition) is 2. The van der Waals surface area contributed by atoms with Crippen LogP contribution in [-0.4, -0.2) is 18.9 Å². The van der Waals surface area contributed by atoms with Crippen molar-refractivity contribution < 1.29 is 9.59 Å². The van der Waals surface area contributed by atoms with E-state index >= 15 is 0 Å². The third-order valence-electron chi connectivity index (χ3n) is 5.45. The third kappa shape index (κ3) is 3.07. The van der Waals surface area contributed by atoms with E-state index in [9.17, 15) is 9.59 Å². The molecule has 1 aliphatic carbocycles. The SMILES string of the molecule is CNC(=O)N1c2ccccc2NC2=C(C(=O)CC(C)(C)C2)C1c1ccccc1. The molecule has 2 amide bonds. The zero-order valence-electron chi connectivity index (χ0n) is 16.5. The van der Waals surface area contributed by atoms with Gasteiger partial charge in [0.25, 0.3) is 0 Å². The summed E-state index contributed by atoms with van der Waals surface area (Å²) >= 11 is 0. The number of benzene rings is 2. The summed E-state index contributed by atoms with van der Waals surface area (Å²) in [4.78, 5) is 28.1. The van der Waals surface area contributed by atoms with Gasteiger partial charge in [-0.15, -0.1) is 0 Å². The molecule has 0 radical (unpaired) electrons. The first-order valence-corrected chi connectivity index (χ1v) is 9.59. The number of carbonyl (C=O) groups is 2. The molecule has 2 aliphatic rings. The van der Waals surface area contributed by atoms with Gasteiger partial charge < -0.3 is 10.6 Å². The number of anilines is 2. The van der Waals surface area contributed by atoms with Crippen LogP contribution < -0.4 is 15.5 Å². The van der Waals surface area contributed by atoms with E-state index in [1.165, 1.54) is 0 Å². The average molecular weight is 375 g/mol. The second-order valence-corrected chi connectivity index (χ2v) is 8.21. The van der Waals surface area contributed by atoms with Gasteiger partial charge in [-0.1, -0.05) is 56.3 Å². The molecular weight excluding hydrogens is 350 g/mol. The number of nitrogens with one attached hydrogen (secondary N) is 2. The molecular formula is C23H25N3O2. The molecule has 1 unspecified atom stereocenters. The molecule has 1 aliphatic heterocycles. The van der Waals surface area contributed by atoms with Crippen LogP contribution in [0.25, 0.3) is 0 Å². The normalized spacial score (nSPS) is 20.6. The van der Waals surface area contributed by atoms with E-state index in [1.807, 2.05) is 54.6 Å². The first-order valence-electron chi connectivity index (χ1n) is 9.59. The Morgan fingerprint density at radius 1 is 1.07 bits per heavy atom. The average Bonchev–Trinajstić information content (AvgIpc) is 2.81. The van der Waals surface area contributed by atoms with Gasteiger partial charge >= 0.3 is 6.03 Å². The third-order valence-corrected chi connectivity index (χ3v) is 5.45. The van der Waals surface area contributed by atoms with Gasteiger partial charge in [0.05, 0.1) is 17.4 Å². The van der Waals surface area contributed by atoms with Crippen molar-refractivity contribution in [3.05, 3.63) is 71.4 Å². The van der Waals surface area contributed by atoms with Gasteiger partial charge in [-0.25, -0.2) is 4.79 Å². The second-order valence-electron chi connectivity index (χ2n) is 8.21. The molecule has 2 N–H and O–H groups in total. The largest absolute Gasteiger partial charge is 0.357 e. The van der Waals surface area contributed by atoms with Crippen molar-refractivity contribution in [1.82, 2.24) is 5.32 Å². The highest BCUT2D eigenvalue weighted by molar-refractivity contribution is 6.05. The lowest BCUT2D eigenvalue weighted by atomic mass is 9.73. The first kappa shape index (κ1) is 18.3. The van der Waals surface area contributed by atoms with Gasteiger partial charge in [0.1, 0.15) is 0 Å². The molecule has 0 saturated carbocycles. The van der Waals surface area contributed by atoms with Crippen molar-refractivity contribution in [1.29, 1.82) is 0 Å². The molecule has 0 bridgehead atoms.